The molecule has 1 atom stereocenters. The summed E-state index contributed by atoms with van der Waals surface area (Å²) in [5.41, 5.74) is 6.59. The van der Waals surface area contributed by atoms with Crippen LogP contribution in [0, 0.1) is 11.3 Å². The van der Waals surface area contributed by atoms with Gasteiger partial charge in [0.05, 0.1) is 16.7 Å². The number of aromatic nitrogens is 2. The van der Waals surface area contributed by atoms with Crippen LogP contribution in [0.2, 0.25) is 0 Å². The van der Waals surface area contributed by atoms with Gasteiger partial charge in [-0.25, -0.2) is 13.1 Å². The molecule has 0 aliphatic rings. The van der Waals surface area contributed by atoms with Gasteiger partial charge < -0.3 is 5.73 Å². The van der Waals surface area contributed by atoms with Crippen molar-refractivity contribution >= 4 is 15.7 Å². The van der Waals surface area contributed by atoms with Crippen molar-refractivity contribution in [2.75, 3.05) is 5.73 Å². The van der Waals surface area contributed by atoms with Gasteiger partial charge in [0.25, 0.3) is 0 Å². The molecule has 4 N–H and O–H groups in total. The van der Waals surface area contributed by atoms with E-state index in [-0.39, 0.29) is 10.5 Å². The summed E-state index contributed by atoms with van der Waals surface area (Å²) in [7, 11) is -3.81. The zero-order chi connectivity index (χ0) is 14.8. The highest BCUT2D eigenvalue weighted by Crippen LogP contribution is 2.20. The molecule has 1 aromatic heterocycles. The van der Waals surface area contributed by atoms with Gasteiger partial charge in [-0.05, 0) is 25.1 Å². The zero-order valence-electron chi connectivity index (χ0n) is 10.7. The number of nitriles is 1. The van der Waals surface area contributed by atoms with Crippen molar-refractivity contribution in [2.45, 2.75) is 17.9 Å². The Labute approximate surface area is 116 Å². The summed E-state index contributed by atoms with van der Waals surface area (Å²) in [6.07, 6.45) is 3.13. The van der Waals surface area contributed by atoms with Crippen LogP contribution in [0.15, 0.2) is 35.5 Å². The third-order valence-electron chi connectivity index (χ3n) is 2.76. The highest BCUT2D eigenvalue weighted by Gasteiger charge is 2.22. The molecular weight excluding hydrogens is 278 g/mol. The topological polar surface area (TPSA) is 125 Å². The van der Waals surface area contributed by atoms with Crippen LogP contribution in [-0.4, -0.2) is 18.6 Å². The van der Waals surface area contributed by atoms with Crippen LogP contribution in [0.4, 0.5) is 5.69 Å². The van der Waals surface area contributed by atoms with E-state index in [1.165, 1.54) is 24.4 Å². The minimum Gasteiger partial charge on any atom is -0.399 e. The van der Waals surface area contributed by atoms with E-state index in [2.05, 4.69) is 14.9 Å². The normalized spacial score (nSPS) is 12.8. The lowest BCUT2D eigenvalue weighted by Gasteiger charge is -2.13. The maximum Gasteiger partial charge on any atom is 0.242 e. The van der Waals surface area contributed by atoms with Crippen LogP contribution < -0.4 is 10.5 Å². The van der Waals surface area contributed by atoms with E-state index in [9.17, 15) is 8.42 Å². The van der Waals surface area contributed by atoms with Crippen LogP contribution in [0.25, 0.3) is 0 Å². The van der Waals surface area contributed by atoms with Gasteiger partial charge in [-0.2, -0.15) is 10.4 Å². The van der Waals surface area contributed by atoms with E-state index in [0.717, 1.165) is 0 Å². The van der Waals surface area contributed by atoms with Gasteiger partial charge >= 0.3 is 0 Å². The molecule has 0 radical (unpaired) electrons. The molecule has 8 heteroatoms. The maximum atomic E-state index is 12.3. The molecule has 2 rings (SSSR count). The summed E-state index contributed by atoms with van der Waals surface area (Å²) < 4.78 is 27.1. The van der Waals surface area contributed by atoms with Gasteiger partial charge in [0.2, 0.25) is 10.0 Å². The second-order valence-corrected chi connectivity index (χ2v) is 5.92. The smallest absolute Gasteiger partial charge is 0.242 e. The second-order valence-electron chi connectivity index (χ2n) is 4.24. The van der Waals surface area contributed by atoms with E-state index in [1.54, 1.807) is 13.1 Å². The molecular formula is C12H13N5O2S. The Morgan fingerprint density at radius 2 is 2.25 bits per heavy atom. The Kier molecular flexibility index (Phi) is 3.74. The first-order valence-corrected chi connectivity index (χ1v) is 7.23. The molecule has 1 unspecified atom stereocenters. The molecule has 1 aromatic carbocycles. The Bertz CT molecular complexity index is 747. The van der Waals surface area contributed by atoms with E-state index in [0.29, 0.717) is 11.3 Å². The molecule has 0 spiro atoms. The highest BCUT2D eigenvalue weighted by atomic mass is 32.2. The van der Waals surface area contributed by atoms with Crippen LogP contribution in [-0.2, 0) is 10.0 Å². The first-order valence-electron chi connectivity index (χ1n) is 5.74. The average Bonchev–Trinajstić information content (AvgIpc) is 2.91. The molecule has 7 nitrogen and oxygen atoms in total. The summed E-state index contributed by atoms with van der Waals surface area (Å²) in [5, 5.41) is 15.4. The number of nitrogen functional groups attached to an aromatic ring is 1. The Hall–Kier alpha value is -2.37. The monoisotopic (exact) mass is 291 g/mol. The Balaban J connectivity index is 2.34. The van der Waals surface area contributed by atoms with Gasteiger partial charge in [-0.1, -0.05) is 0 Å². The molecule has 0 bridgehead atoms. The minimum atomic E-state index is -3.81. The summed E-state index contributed by atoms with van der Waals surface area (Å²) in [6, 6.07) is 5.45. The molecule has 104 valence electrons. The predicted molar refractivity (Wildman–Crippen MR) is 72.9 cm³/mol. The van der Waals surface area contributed by atoms with Crippen LogP contribution in [0.3, 0.4) is 0 Å². The van der Waals surface area contributed by atoms with Crippen molar-refractivity contribution in [3.63, 3.8) is 0 Å². The van der Waals surface area contributed by atoms with Crippen molar-refractivity contribution in [1.29, 1.82) is 5.26 Å². The molecule has 0 saturated heterocycles. The number of hydrogen-bond acceptors (Lipinski definition) is 5. The standard InChI is InChI=1S/C12H13N5O2S/c1-8(10-6-15-16-7-10)17-20(18,19)12-3-2-11(14)4-9(12)5-13/h2-4,6-8,17H,14H2,1H3,(H,15,16). The lowest BCUT2D eigenvalue weighted by Crippen LogP contribution is -2.27. The number of nitrogens with zero attached hydrogens (tertiary/aromatic N) is 2. The van der Waals surface area contributed by atoms with Crippen molar-refractivity contribution in [3.05, 3.63) is 41.7 Å². The number of rotatable bonds is 4. The van der Waals surface area contributed by atoms with Gasteiger partial charge in [0, 0.05) is 23.5 Å². The lowest BCUT2D eigenvalue weighted by atomic mass is 10.2. The fraction of sp³-hybridized carbons (Fsp3) is 0.167. The van der Waals surface area contributed by atoms with E-state index in [1.807, 2.05) is 6.07 Å². The summed E-state index contributed by atoms with van der Waals surface area (Å²) in [4.78, 5) is -0.0930. The largest absolute Gasteiger partial charge is 0.399 e. The second kappa shape index (κ2) is 5.32. The summed E-state index contributed by atoms with van der Waals surface area (Å²) in [6.45, 7) is 1.69. The molecule has 0 aliphatic heterocycles. The summed E-state index contributed by atoms with van der Waals surface area (Å²) in [5.74, 6) is 0. The molecule has 0 aliphatic carbocycles. The number of hydrogen-bond donors (Lipinski definition) is 3. The number of benzene rings is 1. The average molecular weight is 291 g/mol. The minimum absolute atomic E-state index is 0.0110. The molecule has 2 aromatic rings. The molecule has 20 heavy (non-hydrogen) atoms. The number of aromatic amines is 1. The number of nitrogens with one attached hydrogen (secondary N) is 2. The molecule has 0 fully saturated rings. The van der Waals surface area contributed by atoms with E-state index in [4.69, 9.17) is 11.0 Å². The fourth-order valence-corrected chi connectivity index (χ4v) is 3.10. The lowest BCUT2D eigenvalue weighted by molar-refractivity contribution is 0.567. The number of nitrogens with two attached hydrogens (primary N) is 1. The van der Waals surface area contributed by atoms with Crippen molar-refractivity contribution in [1.82, 2.24) is 14.9 Å². The first kappa shape index (κ1) is 14.0. The van der Waals surface area contributed by atoms with Gasteiger partial charge in [0.15, 0.2) is 0 Å². The number of anilines is 1. The SMILES string of the molecule is CC(NS(=O)(=O)c1ccc(N)cc1C#N)c1cn[nH]c1. The quantitative estimate of drug-likeness (QED) is 0.722. The number of sulfonamides is 1. The first-order chi connectivity index (χ1) is 9.44. The Morgan fingerprint density at radius 1 is 1.50 bits per heavy atom. The van der Waals surface area contributed by atoms with Crippen LogP contribution in [0.1, 0.15) is 24.1 Å². The Morgan fingerprint density at radius 3 is 2.85 bits per heavy atom. The van der Waals surface area contributed by atoms with Crippen LogP contribution in [0.5, 0.6) is 0 Å². The third kappa shape index (κ3) is 2.79. The van der Waals surface area contributed by atoms with Crippen molar-refractivity contribution in [2.24, 2.45) is 0 Å². The molecule has 1 heterocycles. The number of H-pyrrole nitrogens is 1. The van der Waals surface area contributed by atoms with Crippen molar-refractivity contribution in [3.8, 4) is 6.07 Å². The van der Waals surface area contributed by atoms with Gasteiger partial charge in [-0.3, -0.25) is 5.10 Å². The van der Waals surface area contributed by atoms with Gasteiger partial charge in [0.1, 0.15) is 6.07 Å². The van der Waals surface area contributed by atoms with E-state index >= 15 is 0 Å². The molecule has 0 amide bonds. The maximum absolute atomic E-state index is 12.3. The van der Waals surface area contributed by atoms with E-state index < -0.39 is 16.1 Å². The fourth-order valence-electron chi connectivity index (χ4n) is 1.73. The van der Waals surface area contributed by atoms with Crippen molar-refractivity contribution < 1.29 is 8.42 Å². The predicted octanol–water partition coefficient (Wildman–Crippen LogP) is 0.903. The summed E-state index contributed by atoms with van der Waals surface area (Å²) >= 11 is 0. The zero-order valence-corrected chi connectivity index (χ0v) is 11.5. The highest BCUT2D eigenvalue weighted by molar-refractivity contribution is 7.89. The third-order valence-corrected chi connectivity index (χ3v) is 4.36. The molecule has 0 saturated carbocycles. The van der Waals surface area contributed by atoms with Crippen LogP contribution >= 0.6 is 0 Å². The van der Waals surface area contributed by atoms with Gasteiger partial charge in [-0.15, -0.1) is 0 Å².